The maximum absolute atomic E-state index is 14.4. The average Bonchev–Trinajstić information content (AvgIpc) is 3.62. The molecule has 0 aliphatic carbocycles. The molecule has 2 aromatic carbocycles. The Kier molecular flexibility index (Phi) is 7.97. The van der Waals surface area contributed by atoms with Crippen LogP contribution in [-0.2, 0) is 20.8 Å². The quantitative estimate of drug-likeness (QED) is 0.294. The van der Waals surface area contributed by atoms with Gasteiger partial charge in [-0.05, 0) is 48.2 Å². The van der Waals surface area contributed by atoms with Crippen LogP contribution in [0.25, 0.3) is 22.4 Å². The largest absolute Gasteiger partial charge is 0.481 e. The van der Waals surface area contributed by atoms with Crippen LogP contribution in [0.5, 0.6) is 0 Å². The molecule has 0 spiro atoms. The second-order valence-electron chi connectivity index (χ2n) is 9.64. The van der Waals surface area contributed by atoms with E-state index in [4.69, 9.17) is 0 Å². The van der Waals surface area contributed by atoms with Crippen LogP contribution in [0.1, 0.15) is 24.8 Å². The summed E-state index contributed by atoms with van der Waals surface area (Å²) in [6.07, 6.45) is 2.94. The predicted molar refractivity (Wildman–Crippen MR) is 152 cm³/mol. The Morgan fingerprint density at radius 2 is 1.93 bits per heavy atom. The van der Waals surface area contributed by atoms with E-state index in [1.165, 1.54) is 28.4 Å². The third-order valence-corrected chi connectivity index (χ3v) is 7.79. The highest BCUT2D eigenvalue weighted by Gasteiger charge is 2.28. The number of carbonyl (C=O) groups is 3. The summed E-state index contributed by atoms with van der Waals surface area (Å²) in [5, 5.41) is 11.5. The van der Waals surface area contributed by atoms with Crippen molar-refractivity contribution < 1.29 is 23.9 Å². The van der Waals surface area contributed by atoms with Crippen molar-refractivity contribution in [3.05, 3.63) is 83.6 Å². The van der Waals surface area contributed by atoms with Gasteiger partial charge >= 0.3 is 5.97 Å². The Balaban J connectivity index is 1.40. The molecule has 5 rings (SSSR count). The molecule has 1 N–H and O–H groups in total. The highest BCUT2D eigenvalue weighted by Crippen LogP contribution is 2.36. The molecule has 1 fully saturated rings. The van der Waals surface area contributed by atoms with Crippen molar-refractivity contribution >= 4 is 40.1 Å². The number of hydrogen-bond acceptors (Lipinski definition) is 6. The molecule has 1 unspecified atom stereocenters. The molecule has 0 radical (unpaired) electrons. The molecular weight excluding hydrogens is 531 g/mol. The number of aliphatic carboxylic acids is 1. The molecule has 40 heavy (non-hydrogen) atoms. The lowest BCUT2D eigenvalue weighted by atomic mass is 9.95. The first kappa shape index (κ1) is 27.1. The number of halogens is 1. The summed E-state index contributed by atoms with van der Waals surface area (Å²) in [7, 11) is 1.57. The van der Waals surface area contributed by atoms with E-state index in [9.17, 15) is 23.9 Å². The van der Waals surface area contributed by atoms with Crippen LogP contribution >= 0.6 is 11.3 Å². The van der Waals surface area contributed by atoms with Gasteiger partial charge in [0.05, 0.1) is 18.0 Å². The first-order valence-electron chi connectivity index (χ1n) is 12.9. The molecule has 1 atom stereocenters. The number of rotatable bonds is 9. The normalized spacial score (nSPS) is 13.8. The molecule has 4 aromatic rings. The fraction of sp³-hybridized carbons (Fsp3) is 0.233. The Bertz CT molecular complexity index is 1540. The van der Waals surface area contributed by atoms with Crippen LogP contribution in [0.15, 0.2) is 72.2 Å². The van der Waals surface area contributed by atoms with Gasteiger partial charge in [-0.3, -0.25) is 24.2 Å². The van der Waals surface area contributed by atoms with Gasteiger partial charge in [-0.25, -0.2) is 14.4 Å². The molecule has 0 saturated carbocycles. The van der Waals surface area contributed by atoms with E-state index in [-0.39, 0.29) is 24.7 Å². The Hall–Kier alpha value is -4.44. The molecule has 1 aliphatic rings. The highest BCUT2D eigenvalue weighted by atomic mass is 32.1. The number of amides is 2. The van der Waals surface area contributed by atoms with E-state index >= 15 is 0 Å². The number of thiazole rings is 1. The fourth-order valence-electron chi connectivity index (χ4n) is 4.84. The number of benzene rings is 2. The van der Waals surface area contributed by atoms with Crippen molar-refractivity contribution in [2.24, 2.45) is 5.92 Å². The van der Waals surface area contributed by atoms with Gasteiger partial charge in [0, 0.05) is 42.7 Å². The lowest BCUT2D eigenvalue weighted by Crippen LogP contribution is -2.35. The van der Waals surface area contributed by atoms with E-state index < -0.39 is 17.7 Å². The summed E-state index contributed by atoms with van der Waals surface area (Å²) in [5.74, 6) is -1.99. The van der Waals surface area contributed by atoms with Crippen molar-refractivity contribution in [1.29, 1.82) is 0 Å². The third-order valence-electron chi connectivity index (χ3n) is 6.87. The van der Waals surface area contributed by atoms with Crippen molar-refractivity contribution in [3.63, 3.8) is 0 Å². The third kappa shape index (κ3) is 5.91. The summed E-state index contributed by atoms with van der Waals surface area (Å²) in [5.41, 5.74) is 3.31. The molecule has 1 aliphatic heterocycles. The first-order valence-corrected chi connectivity index (χ1v) is 13.7. The minimum absolute atomic E-state index is 0.0470. The standard InChI is InChI=1S/C30H27FN4O4S/c1-34(29(39)21(15-28(37)38)14-19-6-3-2-4-7-19)30-33-25(18-40-30)24-16-22(31)10-11-23(24)20-9-12-26(32-17-20)35-13-5-8-27(35)36/h2-4,6-7,9-12,16-18,21H,5,8,13-15H2,1H3,(H,37,38). The highest BCUT2D eigenvalue weighted by molar-refractivity contribution is 7.14. The molecule has 3 heterocycles. The van der Waals surface area contributed by atoms with Gasteiger partial charge in [-0.1, -0.05) is 36.4 Å². The summed E-state index contributed by atoms with van der Waals surface area (Å²) in [6.45, 7) is 0.638. The lowest BCUT2D eigenvalue weighted by molar-refractivity contribution is -0.140. The predicted octanol–water partition coefficient (Wildman–Crippen LogP) is 5.43. The van der Waals surface area contributed by atoms with Crippen molar-refractivity contribution in [2.75, 3.05) is 23.4 Å². The van der Waals surface area contributed by atoms with Crippen LogP contribution in [0.2, 0.25) is 0 Å². The number of hydrogen-bond donors (Lipinski definition) is 1. The van der Waals surface area contributed by atoms with Crippen LogP contribution < -0.4 is 9.80 Å². The Morgan fingerprint density at radius 3 is 2.60 bits per heavy atom. The molecule has 1 saturated heterocycles. The lowest BCUT2D eigenvalue weighted by Gasteiger charge is -2.21. The molecule has 2 amide bonds. The van der Waals surface area contributed by atoms with Gasteiger partial charge in [0.1, 0.15) is 11.6 Å². The smallest absolute Gasteiger partial charge is 0.304 e. The van der Waals surface area contributed by atoms with E-state index in [0.29, 0.717) is 40.7 Å². The first-order chi connectivity index (χ1) is 19.3. The summed E-state index contributed by atoms with van der Waals surface area (Å²) in [4.78, 5) is 49.1. The number of pyridine rings is 1. The van der Waals surface area contributed by atoms with Crippen LogP contribution in [0.3, 0.4) is 0 Å². The molecule has 204 valence electrons. The fourth-order valence-corrected chi connectivity index (χ4v) is 5.64. The van der Waals surface area contributed by atoms with Gasteiger partial charge < -0.3 is 5.11 Å². The number of aromatic nitrogens is 2. The molecule has 8 nitrogen and oxygen atoms in total. The summed E-state index contributed by atoms with van der Waals surface area (Å²) < 4.78 is 14.4. The van der Waals surface area contributed by atoms with E-state index in [0.717, 1.165) is 17.5 Å². The second-order valence-corrected chi connectivity index (χ2v) is 10.5. The van der Waals surface area contributed by atoms with Crippen LogP contribution in [-0.4, -0.2) is 46.5 Å². The van der Waals surface area contributed by atoms with Gasteiger partial charge in [0.15, 0.2) is 5.13 Å². The zero-order valence-corrected chi connectivity index (χ0v) is 22.6. The maximum Gasteiger partial charge on any atom is 0.304 e. The maximum atomic E-state index is 14.4. The van der Waals surface area contributed by atoms with Gasteiger partial charge in [0.2, 0.25) is 11.8 Å². The SMILES string of the molecule is CN(C(=O)C(CC(=O)O)Cc1ccccc1)c1nc(-c2cc(F)ccc2-c2ccc(N3CCCC3=O)nc2)cs1. The number of anilines is 2. The number of nitrogens with zero attached hydrogens (tertiary/aromatic N) is 4. The monoisotopic (exact) mass is 558 g/mol. The number of carboxylic acids is 1. The number of carbonyl (C=O) groups excluding carboxylic acids is 2. The summed E-state index contributed by atoms with van der Waals surface area (Å²) >= 11 is 1.22. The minimum atomic E-state index is -1.05. The Labute approximate surface area is 234 Å². The van der Waals surface area contributed by atoms with Crippen molar-refractivity contribution in [2.45, 2.75) is 25.7 Å². The topological polar surface area (TPSA) is 104 Å². The molecule has 2 aromatic heterocycles. The van der Waals surface area contributed by atoms with Crippen molar-refractivity contribution in [1.82, 2.24) is 9.97 Å². The molecule has 0 bridgehead atoms. The van der Waals surface area contributed by atoms with Gasteiger partial charge in [-0.15, -0.1) is 11.3 Å². The van der Waals surface area contributed by atoms with E-state index in [2.05, 4.69) is 9.97 Å². The van der Waals surface area contributed by atoms with E-state index in [1.54, 1.807) is 35.7 Å². The van der Waals surface area contributed by atoms with Crippen molar-refractivity contribution in [3.8, 4) is 22.4 Å². The zero-order chi connectivity index (χ0) is 28.2. The van der Waals surface area contributed by atoms with Crippen LogP contribution in [0.4, 0.5) is 15.3 Å². The van der Waals surface area contributed by atoms with Crippen LogP contribution in [0, 0.1) is 11.7 Å². The molecule has 10 heteroatoms. The zero-order valence-electron chi connectivity index (χ0n) is 21.8. The van der Waals surface area contributed by atoms with Gasteiger partial charge in [0.25, 0.3) is 0 Å². The summed E-state index contributed by atoms with van der Waals surface area (Å²) in [6, 6.07) is 17.3. The average molecular weight is 559 g/mol. The number of carboxylic acid groups (broad SMARTS) is 1. The van der Waals surface area contributed by atoms with E-state index in [1.807, 2.05) is 36.4 Å². The van der Waals surface area contributed by atoms with Gasteiger partial charge in [-0.2, -0.15) is 0 Å². The minimum Gasteiger partial charge on any atom is -0.481 e. The Morgan fingerprint density at radius 1 is 1.12 bits per heavy atom. The molecular formula is C30H27FN4O4S. The second kappa shape index (κ2) is 11.7.